The van der Waals surface area contributed by atoms with Crippen molar-refractivity contribution in [1.29, 1.82) is 0 Å². The zero-order valence-corrected chi connectivity index (χ0v) is 18.6. The molecule has 2 heterocycles. The molecule has 2 aromatic carbocycles. The highest BCUT2D eigenvalue weighted by molar-refractivity contribution is 7.98. The molecule has 1 amide bonds. The Morgan fingerprint density at radius 3 is 2.58 bits per heavy atom. The summed E-state index contributed by atoms with van der Waals surface area (Å²) in [5, 5.41) is 3.03. The smallest absolute Gasteiger partial charge is 0.256 e. The van der Waals surface area contributed by atoms with Crippen LogP contribution in [0.25, 0.3) is 5.65 Å². The minimum Gasteiger partial charge on any atom is -0.322 e. The highest BCUT2D eigenvalue weighted by Gasteiger charge is 2.13. The SMILES string of the molecule is CN(C)CCc1ccc(NC(=O)c2ccccc2SCc2cn3ccccc3n2)cc1. The van der Waals surface area contributed by atoms with E-state index in [-0.39, 0.29) is 5.91 Å². The first-order valence-electron chi connectivity index (χ1n) is 10.3. The van der Waals surface area contributed by atoms with Crippen LogP contribution in [0.15, 0.2) is 84.0 Å². The fraction of sp³-hybridized carbons (Fsp3) is 0.200. The lowest BCUT2D eigenvalue weighted by molar-refractivity contribution is 0.102. The van der Waals surface area contributed by atoms with Gasteiger partial charge in [-0.15, -0.1) is 11.8 Å². The van der Waals surface area contributed by atoms with Gasteiger partial charge in [0.05, 0.1) is 11.3 Å². The van der Waals surface area contributed by atoms with Crippen LogP contribution in [0.5, 0.6) is 0 Å². The molecule has 1 N–H and O–H groups in total. The van der Waals surface area contributed by atoms with Gasteiger partial charge in [-0.2, -0.15) is 0 Å². The van der Waals surface area contributed by atoms with Crippen LogP contribution >= 0.6 is 11.8 Å². The molecule has 158 valence electrons. The van der Waals surface area contributed by atoms with E-state index in [2.05, 4.69) is 41.4 Å². The van der Waals surface area contributed by atoms with Gasteiger partial charge in [0.25, 0.3) is 5.91 Å². The predicted octanol–water partition coefficient (Wildman–Crippen LogP) is 4.98. The number of pyridine rings is 1. The first-order chi connectivity index (χ1) is 15.1. The Bertz CT molecular complexity index is 1130. The number of anilines is 1. The summed E-state index contributed by atoms with van der Waals surface area (Å²) in [5.41, 5.74) is 4.65. The Kier molecular flexibility index (Phi) is 6.70. The van der Waals surface area contributed by atoms with Gasteiger partial charge in [0.1, 0.15) is 5.65 Å². The van der Waals surface area contributed by atoms with Crippen LogP contribution in [-0.4, -0.2) is 40.8 Å². The van der Waals surface area contributed by atoms with Crippen molar-refractivity contribution in [2.45, 2.75) is 17.1 Å². The molecule has 0 atom stereocenters. The summed E-state index contributed by atoms with van der Waals surface area (Å²) < 4.78 is 2.01. The third kappa shape index (κ3) is 5.54. The summed E-state index contributed by atoms with van der Waals surface area (Å²) in [6.45, 7) is 1.00. The van der Waals surface area contributed by atoms with Crippen molar-refractivity contribution >= 4 is 29.0 Å². The lowest BCUT2D eigenvalue weighted by atomic mass is 10.1. The highest BCUT2D eigenvalue weighted by atomic mass is 32.2. The maximum atomic E-state index is 12.9. The van der Waals surface area contributed by atoms with Crippen molar-refractivity contribution in [1.82, 2.24) is 14.3 Å². The molecular formula is C25H26N4OS. The van der Waals surface area contributed by atoms with E-state index in [4.69, 9.17) is 0 Å². The van der Waals surface area contributed by atoms with Gasteiger partial charge in [-0.1, -0.05) is 30.3 Å². The standard InChI is InChI=1S/C25H26N4OS/c1-28(2)16-14-19-10-12-20(13-11-19)27-25(30)22-7-3-4-8-23(22)31-18-21-17-29-15-6-5-9-24(29)26-21/h3-13,15,17H,14,16,18H2,1-2H3,(H,27,30). The number of nitrogens with zero attached hydrogens (tertiary/aromatic N) is 3. The van der Waals surface area contributed by atoms with Crippen molar-refractivity contribution in [3.05, 3.63) is 95.9 Å². The Morgan fingerprint density at radius 1 is 1.03 bits per heavy atom. The van der Waals surface area contributed by atoms with Gasteiger partial charge in [0, 0.05) is 35.3 Å². The average Bonchev–Trinajstić information content (AvgIpc) is 3.20. The molecule has 5 nitrogen and oxygen atoms in total. The number of likely N-dealkylation sites (N-methyl/N-ethyl adjacent to an activating group) is 1. The number of rotatable bonds is 8. The van der Waals surface area contributed by atoms with Gasteiger partial charge in [0.2, 0.25) is 0 Å². The molecule has 6 heteroatoms. The monoisotopic (exact) mass is 430 g/mol. The number of amides is 1. The first-order valence-corrected chi connectivity index (χ1v) is 11.3. The van der Waals surface area contributed by atoms with Crippen molar-refractivity contribution in [2.24, 2.45) is 0 Å². The van der Waals surface area contributed by atoms with Gasteiger partial charge < -0.3 is 14.6 Å². The maximum absolute atomic E-state index is 12.9. The second-order valence-corrected chi connectivity index (χ2v) is 8.70. The number of carbonyl (C=O) groups excluding carboxylic acids is 1. The van der Waals surface area contributed by atoms with Crippen LogP contribution in [0.3, 0.4) is 0 Å². The van der Waals surface area contributed by atoms with Gasteiger partial charge in [-0.25, -0.2) is 4.98 Å². The van der Waals surface area contributed by atoms with Crippen LogP contribution in [-0.2, 0) is 12.2 Å². The predicted molar refractivity (Wildman–Crippen MR) is 128 cm³/mol. The number of hydrogen-bond acceptors (Lipinski definition) is 4. The Labute approximate surface area is 187 Å². The normalized spacial score (nSPS) is 11.2. The molecular weight excluding hydrogens is 404 g/mol. The van der Waals surface area contributed by atoms with Crippen LogP contribution in [0.2, 0.25) is 0 Å². The second kappa shape index (κ2) is 9.81. The van der Waals surface area contributed by atoms with E-state index in [1.807, 2.05) is 71.4 Å². The molecule has 0 aliphatic heterocycles. The largest absolute Gasteiger partial charge is 0.322 e. The number of fused-ring (bicyclic) bond motifs is 1. The van der Waals surface area contributed by atoms with Crippen molar-refractivity contribution in [2.75, 3.05) is 26.0 Å². The molecule has 0 fully saturated rings. The maximum Gasteiger partial charge on any atom is 0.256 e. The number of aromatic nitrogens is 2. The molecule has 4 rings (SSSR count). The van der Waals surface area contributed by atoms with Crippen LogP contribution < -0.4 is 5.32 Å². The summed E-state index contributed by atoms with van der Waals surface area (Å²) in [7, 11) is 4.14. The number of thioether (sulfide) groups is 1. The van der Waals surface area contributed by atoms with Crippen LogP contribution in [0.1, 0.15) is 21.6 Å². The fourth-order valence-corrected chi connectivity index (χ4v) is 4.23. The molecule has 0 aliphatic rings. The number of benzene rings is 2. The molecule has 0 radical (unpaired) electrons. The highest BCUT2D eigenvalue weighted by Crippen LogP contribution is 2.27. The van der Waals surface area contributed by atoms with Crippen molar-refractivity contribution in [3.63, 3.8) is 0 Å². The van der Waals surface area contributed by atoms with E-state index < -0.39 is 0 Å². The summed E-state index contributed by atoms with van der Waals surface area (Å²) in [4.78, 5) is 20.7. The quantitative estimate of drug-likeness (QED) is 0.401. The van der Waals surface area contributed by atoms with Crippen LogP contribution in [0, 0.1) is 0 Å². The fourth-order valence-electron chi connectivity index (χ4n) is 3.29. The molecule has 0 unspecified atom stereocenters. The lowest BCUT2D eigenvalue weighted by Gasteiger charge is -2.11. The van der Waals surface area contributed by atoms with Gasteiger partial charge in [-0.05, 0) is 62.5 Å². The molecule has 0 aliphatic carbocycles. The number of hydrogen-bond donors (Lipinski definition) is 1. The lowest BCUT2D eigenvalue weighted by Crippen LogP contribution is -2.15. The summed E-state index contributed by atoms with van der Waals surface area (Å²) in [6.07, 6.45) is 5.01. The molecule has 31 heavy (non-hydrogen) atoms. The minimum absolute atomic E-state index is 0.0980. The van der Waals surface area contributed by atoms with E-state index in [1.54, 1.807) is 11.8 Å². The van der Waals surface area contributed by atoms with E-state index in [0.29, 0.717) is 11.3 Å². The Hall–Kier alpha value is -3.09. The first kappa shape index (κ1) is 21.2. The van der Waals surface area contributed by atoms with E-state index in [9.17, 15) is 4.79 Å². The van der Waals surface area contributed by atoms with E-state index in [1.165, 1.54) is 5.56 Å². The van der Waals surface area contributed by atoms with Gasteiger partial charge >= 0.3 is 0 Å². The van der Waals surface area contributed by atoms with E-state index in [0.717, 1.165) is 34.9 Å². The molecule has 2 aromatic heterocycles. The number of nitrogens with one attached hydrogen (secondary N) is 1. The van der Waals surface area contributed by atoms with Crippen LogP contribution in [0.4, 0.5) is 5.69 Å². The molecule has 0 saturated carbocycles. The van der Waals surface area contributed by atoms with Crippen molar-refractivity contribution < 1.29 is 4.79 Å². The summed E-state index contributed by atoms with van der Waals surface area (Å²) in [6, 6.07) is 21.7. The summed E-state index contributed by atoms with van der Waals surface area (Å²) in [5.74, 6) is 0.603. The zero-order chi connectivity index (χ0) is 21.6. The Balaban J connectivity index is 1.41. The molecule has 0 bridgehead atoms. The third-order valence-electron chi connectivity index (χ3n) is 4.98. The van der Waals surface area contributed by atoms with Crippen molar-refractivity contribution in [3.8, 4) is 0 Å². The summed E-state index contributed by atoms with van der Waals surface area (Å²) >= 11 is 1.62. The van der Waals surface area contributed by atoms with E-state index >= 15 is 0 Å². The molecule has 0 saturated heterocycles. The molecule has 0 spiro atoms. The Morgan fingerprint density at radius 2 is 1.81 bits per heavy atom. The van der Waals surface area contributed by atoms with Gasteiger partial charge in [0.15, 0.2) is 0 Å². The number of imidazole rings is 1. The minimum atomic E-state index is -0.0980. The number of carbonyl (C=O) groups is 1. The van der Waals surface area contributed by atoms with Gasteiger partial charge in [-0.3, -0.25) is 4.79 Å². The zero-order valence-electron chi connectivity index (χ0n) is 17.8. The third-order valence-corrected chi connectivity index (χ3v) is 6.09. The molecule has 4 aromatic rings. The topological polar surface area (TPSA) is 49.6 Å². The average molecular weight is 431 g/mol. The second-order valence-electron chi connectivity index (χ2n) is 7.69.